The van der Waals surface area contributed by atoms with Crippen LogP contribution in [0.15, 0.2) is 54.6 Å². The molecule has 0 saturated heterocycles. The number of phenols is 1. The predicted octanol–water partition coefficient (Wildman–Crippen LogP) is 6.07. The van der Waals surface area contributed by atoms with Crippen molar-refractivity contribution in [1.29, 1.82) is 0 Å². The third kappa shape index (κ3) is 12.7. The molecule has 2 aromatic rings. The average Bonchev–Trinajstić information content (AvgIpc) is 2.94. The summed E-state index contributed by atoms with van der Waals surface area (Å²) in [5, 5.41) is 15.6. The number of carbonyl (C=O) groups excluding carboxylic acids is 4. The van der Waals surface area contributed by atoms with Crippen LogP contribution in [0.3, 0.4) is 0 Å². The van der Waals surface area contributed by atoms with Crippen molar-refractivity contribution in [1.82, 2.24) is 15.5 Å². The molecule has 0 heterocycles. The van der Waals surface area contributed by atoms with E-state index in [9.17, 15) is 24.3 Å². The molecule has 2 rings (SSSR count). The lowest BCUT2D eigenvalue weighted by Gasteiger charge is -2.36. The minimum absolute atomic E-state index is 0.00544. The lowest BCUT2D eigenvalue weighted by Crippen LogP contribution is -2.56. The van der Waals surface area contributed by atoms with E-state index in [0.717, 1.165) is 18.4 Å². The van der Waals surface area contributed by atoms with Crippen LogP contribution < -0.4 is 10.6 Å². The van der Waals surface area contributed by atoms with Crippen molar-refractivity contribution in [2.45, 2.75) is 117 Å². The van der Waals surface area contributed by atoms with Crippen LogP contribution in [0.4, 0.5) is 4.79 Å². The molecule has 0 aliphatic heterocycles. The second kappa shape index (κ2) is 17.0. The van der Waals surface area contributed by atoms with Crippen LogP contribution in [0, 0.1) is 5.92 Å². The summed E-state index contributed by atoms with van der Waals surface area (Å²) in [7, 11) is 0. The summed E-state index contributed by atoms with van der Waals surface area (Å²) in [5.41, 5.74) is -0.327. The summed E-state index contributed by atoms with van der Waals surface area (Å²) in [6, 6.07) is 12.1. The van der Waals surface area contributed by atoms with E-state index < -0.39 is 53.2 Å². The van der Waals surface area contributed by atoms with E-state index in [4.69, 9.17) is 9.47 Å². The minimum atomic E-state index is -1.19. The Morgan fingerprint density at radius 3 is 1.93 bits per heavy atom. The third-order valence-electron chi connectivity index (χ3n) is 6.95. The number of alkyl carbamates (subject to hydrolysis) is 1. The fourth-order valence-electron chi connectivity index (χ4n) is 4.82. The second-order valence-corrected chi connectivity index (χ2v) is 13.9. The molecule has 46 heavy (non-hydrogen) atoms. The number of hydrogen-bond donors (Lipinski definition) is 3. The number of phenolic OH excluding ortho intramolecular Hbond substituents is 1. The Kier molecular flexibility index (Phi) is 14.1. The Hall–Kier alpha value is -4.08. The molecule has 0 saturated carbocycles. The van der Waals surface area contributed by atoms with Crippen LogP contribution in [0.2, 0.25) is 0 Å². The van der Waals surface area contributed by atoms with E-state index in [-0.39, 0.29) is 24.6 Å². The molecule has 10 heteroatoms. The van der Waals surface area contributed by atoms with Gasteiger partial charge in [-0.2, -0.15) is 0 Å². The minimum Gasteiger partial charge on any atom is -0.508 e. The van der Waals surface area contributed by atoms with Gasteiger partial charge >= 0.3 is 12.1 Å². The molecule has 3 unspecified atom stereocenters. The van der Waals surface area contributed by atoms with Crippen LogP contribution in [0.5, 0.6) is 5.75 Å². The number of nitrogens with one attached hydrogen (secondary N) is 2. The standard InChI is InChI=1S/C36H53N3O7/c1-10-11-15-22-39(32(42)29(24(2)3)38-34(44)46-36(7,8)9)30(26-18-20-27(40)21-19-26)31(41)37-28(33(43)45-35(4,5)6)23-25-16-13-12-14-17-25/h12-14,16-21,24,28-30,40H,10-11,15,22-23H2,1-9H3,(H,37,41)(H,38,44). The van der Waals surface area contributed by atoms with E-state index >= 15 is 0 Å². The van der Waals surface area contributed by atoms with E-state index in [1.807, 2.05) is 37.3 Å². The summed E-state index contributed by atoms with van der Waals surface area (Å²) < 4.78 is 11.1. The molecule has 10 nitrogen and oxygen atoms in total. The zero-order valence-corrected chi connectivity index (χ0v) is 28.9. The molecule has 0 aliphatic rings. The number of nitrogens with zero attached hydrogens (tertiary/aromatic N) is 1. The van der Waals surface area contributed by atoms with Crippen molar-refractivity contribution in [2.24, 2.45) is 5.92 Å². The van der Waals surface area contributed by atoms with E-state index in [2.05, 4.69) is 10.6 Å². The third-order valence-corrected chi connectivity index (χ3v) is 6.95. The van der Waals surface area contributed by atoms with E-state index in [1.54, 1.807) is 67.5 Å². The highest BCUT2D eigenvalue weighted by atomic mass is 16.6. The average molecular weight is 640 g/mol. The van der Waals surface area contributed by atoms with Crippen molar-refractivity contribution in [2.75, 3.05) is 6.54 Å². The maximum absolute atomic E-state index is 14.4. The molecule has 2 aromatic carbocycles. The van der Waals surface area contributed by atoms with Gasteiger partial charge in [-0.25, -0.2) is 9.59 Å². The molecule has 0 aliphatic carbocycles. The van der Waals surface area contributed by atoms with Gasteiger partial charge in [-0.15, -0.1) is 0 Å². The van der Waals surface area contributed by atoms with Crippen LogP contribution in [-0.4, -0.2) is 63.7 Å². The van der Waals surface area contributed by atoms with E-state index in [1.165, 1.54) is 17.0 Å². The number of amides is 3. The van der Waals surface area contributed by atoms with Crippen LogP contribution >= 0.6 is 0 Å². The molecule has 0 aromatic heterocycles. The molecule has 0 radical (unpaired) electrons. The molecule has 0 bridgehead atoms. The largest absolute Gasteiger partial charge is 0.508 e. The fourth-order valence-corrected chi connectivity index (χ4v) is 4.82. The zero-order chi connectivity index (χ0) is 34.7. The van der Waals surface area contributed by atoms with Gasteiger partial charge in [0.2, 0.25) is 11.8 Å². The van der Waals surface area contributed by atoms with Gasteiger partial charge in [-0.3, -0.25) is 9.59 Å². The zero-order valence-electron chi connectivity index (χ0n) is 28.9. The van der Waals surface area contributed by atoms with Crippen LogP contribution in [0.1, 0.15) is 98.7 Å². The molecule has 0 spiro atoms. The maximum atomic E-state index is 14.4. The van der Waals surface area contributed by atoms with Crippen molar-refractivity contribution in [3.05, 3.63) is 65.7 Å². The highest BCUT2D eigenvalue weighted by molar-refractivity contribution is 5.94. The molecule has 3 amide bonds. The number of aromatic hydroxyl groups is 1. The quantitative estimate of drug-likeness (QED) is 0.169. The van der Waals surface area contributed by atoms with Gasteiger partial charge in [-0.1, -0.05) is 76.1 Å². The summed E-state index contributed by atoms with van der Waals surface area (Å²) >= 11 is 0. The number of hydrogen-bond acceptors (Lipinski definition) is 7. The monoisotopic (exact) mass is 639 g/mol. The number of benzene rings is 2. The molecular weight excluding hydrogens is 586 g/mol. The normalized spacial score (nSPS) is 13.7. The Balaban J connectivity index is 2.60. The van der Waals surface area contributed by atoms with Gasteiger partial charge in [0.1, 0.15) is 35.1 Å². The number of esters is 1. The summed E-state index contributed by atoms with van der Waals surface area (Å²) in [5.74, 6) is -2.02. The molecular formula is C36H53N3O7. The second-order valence-electron chi connectivity index (χ2n) is 13.9. The van der Waals surface area contributed by atoms with Gasteiger partial charge in [0.05, 0.1) is 0 Å². The first kappa shape index (κ1) is 38.1. The first-order valence-corrected chi connectivity index (χ1v) is 16.1. The Labute approximate surface area is 274 Å². The lowest BCUT2D eigenvalue weighted by molar-refractivity contribution is -0.159. The van der Waals surface area contributed by atoms with E-state index in [0.29, 0.717) is 12.0 Å². The maximum Gasteiger partial charge on any atom is 0.408 e. The predicted molar refractivity (Wildman–Crippen MR) is 178 cm³/mol. The highest BCUT2D eigenvalue weighted by Crippen LogP contribution is 2.27. The highest BCUT2D eigenvalue weighted by Gasteiger charge is 2.39. The van der Waals surface area contributed by atoms with Crippen molar-refractivity contribution in [3.63, 3.8) is 0 Å². The van der Waals surface area contributed by atoms with Gasteiger partial charge < -0.3 is 30.1 Å². The summed E-state index contributed by atoms with van der Waals surface area (Å²) in [6.45, 7) is 16.3. The molecule has 254 valence electrons. The number of rotatable bonds is 14. The smallest absolute Gasteiger partial charge is 0.408 e. The summed E-state index contributed by atoms with van der Waals surface area (Å²) in [4.78, 5) is 56.5. The van der Waals surface area contributed by atoms with Crippen LogP contribution in [0.25, 0.3) is 0 Å². The van der Waals surface area contributed by atoms with Gasteiger partial charge in [-0.05, 0) is 77.1 Å². The summed E-state index contributed by atoms with van der Waals surface area (Å²) in [6.07, 6.45) is 1.70. The first-order chi connectivity index (χ1) is 21.4. The van der Waals surface area contributed by atoms with Gasteiger partial charge in [0.15, 0.2) is 0 Å². The van der Waals surface area contributed by atoms with Gasteiger partial charge in [0, 0.05) is 13.0 Å². The number of unbranched alkanes of at least 4 members (excludes halogenated alkanes) is 2. The van der Waals surface area contributed by atoms with Crippen molar-refractivity contribution in [3.8, 4) is 5.75 Å². The number of carbonyl (C=O) groups is 4. The first-order valence-electron chi connectivity index (χ1n) is 16.1. The molecule has 0 fully saturated rings. The Bertz CT molecular complexity index is 1280. The van der Waals surface area contributed by atoms with Crippen molar-refractivity contribution < 1.29 is 33.8 Å². The fraction of sp³-hybridized carbons (Fsp3) is 0.556. The van der Waals surface area contributed by atoms with Crippen molar-refractivity contribution >= 4 is 23.9 Å². The molecule has 3 atom stereocenters. The number of ether oxygens (including phenoxy) is 2. The molecule has 3 N–H and O–H groups in total. The van der Waals surface area contributed by atoms with Crippen LogP contribution in [-0.2, 0) is 30.3 Å². The lowest BCUT2D eigenvalue weighted by atomic mass is 9.97. The van der Waals surface area contributed by atoms with Gasteiger partial charge in [0.25, 0.3) is 0 Å². The Morgan fingerprint density at radius 2 is 1.41 bits per heavy atom. The SMILES string of the molecule is CCCCCN(C(=O)C(NC(=O)OC(C)(C)C)C(C)C)C(C(=O)NC(Cc1ccccc1)C(=O)OC(C)(C)C)c1ccc(O)cc1. The topological polar surface area (TPSA) is 134 Å². The Morgan fingerprint density at radius 1 is 0.826 bits per heavy atom.